The maximum Gasteiger partial charge on any atom is 0.307 e. The maximum absolute atomic E-state index is 12.1. The molecule has 2 heterocycles. The number of ether oxygens (including phenoxy) is 2. The van der Waals surface area contributed by atoms with Gasteiger partial charge in [0.05, 0.1) is 24.5 Å². The fourth-order valence-electron chi connectivity index (χ4n) is 5.87. The molecule has 2 saturated heterocycles. The first-order valence-corrected chi connectivity index (χ1v) is 7.55. The number of aliphatic hydroxyl groups is 3. The third-order valence-corrected chi connectivity index (χ3v) is 7.27. The van der Waals surface area contributed by atoms with Crippen LogP contribution >= 0.6 is 0 Å². The summed E-state index contributed by atoms with van der Waals surface area (Å²) in [5.41, 5.74) is -4.53. The molecule has 4 fully saturated rings. The fourth-order valence-corrected chi connectivity index (χ4v) is 5.87. The van der Waals surface area contributed by atoms with Crippen molar-refractivity contribution in [1.29, 1.82) is 0 Å². The van der Waals surface area contributed by atoms with E-state index in [9.17, 15) is 20.1 Å². The van der Waals surface area contributed by atoms with Gasteiger partial charge < -0.3 is 24.8 Å². The van der Waals surface area contributed by atoms with Crippen LogP contribution in [0.4, 0.5) is 0 Å². The van der Waals surface area contributed by atoms with Crippen molar-refractivity contribution < 1.29 is 29.6 Å². The average molecular weight is 298 g/mol. The van der Waals surface area contributed by atoms with Crippen molar-refractivity contribution in [3.8, 4) is 0 Å². The number of hydrogen-bond acceptors (Lipinski definition) is 6. The number of fused-ring (bicyclic) bond motifs is 2. The van der Waals surface area contributed by atoms with Crippen LogP contribution in [0.15, 0.2) is 0 Å². The second-order valence-electron chi connectivity index (χ2n) is 7.85. The van der Waals surface area contributed by atoms with Gasteiger partial charge in [0.25, 0.3) is 0 Å². The van der Waals surface area contributed by atoms with Crippen LogP contribution in [-0.4, -0.2) is 51.0 Å². The summed E-state index contributed by atoms with van der Waals surface area (Å²) in [5.74, 6) is -2.08. The largest absolute Gasteiger partial charge is 0.455 e. The minimum atomic E-state index is -1.71. The van der Waals surface area contributed by atoms with Crippen molar-refractivity contribution in [2.24, 2.45) is 16.7 Å². The molecule has 0 aromatic carbocycles. The van der Waals surface area contributed by atoms with Crippen molar-refractivity contribution in [3.63, 3.8) is 0 Å². The van der Waals surface area contributed by atoms with Gasteiger partial charge in [-0.25, -0.2) is 0 Å². The molecule has 6 heteroatoms. The maximum atomic E-state index is 12.1. The highest BCUT2D eigenvalue weighted by atomic mass is 16.7. The quantitative estimate of drug-likeness (QED) is 0.542. The molecule has 0 amide bonds. The molecule has 3 N–H and O–H groups in total. The molecule has 21 heavy (non-hydrogen) atoms. The number of aliphatic hydroxyl groups excluding tert-OH is 1. The second kappa shape index (κ2) is 3.30. The van der Waals surface area contributed by atoms with Gasteiger partial charge in [-0.2, -0.15) is 0 Å². The van der Waals surface area contributed by atoms with Crippen LogP contribution in [0.3, 0.4) is 0 Å². The van der Waals surface area contributed by atoms with Crippen molar-refractivity contribution in [2.75, 3.05) is 6.61 Å². The molecule has 0 radical (unpaired) electrons. The number of carbonyl (C=O) groups excluding carboxylic acids is 1. The van der Waals surface area contributed by atoms with E-state index in [1.807, 2.05) is 6.92 Å². The number of esters is 1. The highest BCUT2D eigenvalue weighted by Crippen LogP contribution is 2.76. The van der Waals surface area contributed by atoms with Gasteiger partial charge in [-0.05, 0) is 19.3 Å². The highest BCUT2D eigenvalue weighted by Gasteiger charge is 2.88. The lowest BCUT2D eigenvalue weighted by molar-refractivity contribution is -0.331. The summed E-state index contributed by atoms with van der Waals surface area (Å²) in [6.07, 6.45) is -0.105. The lowest BCUT2D eigenvalue weighted by atomic mass is 9.46. The first-order valence-electron chi connectivity index (χ1n) is 7.55. The normalized spacial score (nSPS) is 65.1. The van der Waals surface area contributed by atoms with E-state index in [-0.39, 0.29) is 31.3 Å². The van der Waals surface area contributed by atoms with Crippen LogP contribution in [-0.2, 0) is 14.3 Å². The van der Waals surface area contributed by atoms with Gasteiger partial charge in [0.1, 0.15) is 5.60 Å². The molecule has 0 aromatic heterocycles. The van der Waals surface area contributed by atoms with Crippen LogP contribution in [0.2, 0.25) is 0 Å². The molecule has 2 bridgehead atoms. The van der Waals surface area contributed by atoms with E-state index in [0.717, 1.165) is 0 Å². The Kier molecular flexibility index (Phi) is 2.19. The van der Waals surface area contributed by atoms with Crippen LogP contribution < -0.4 is 0 Å². The summed E-state index contributed by atoms with van der Waals surface area (Å²) >= 11 is 0. The van der Waals surface area contributed by atoms with Gasteiger partial charge in [-0.1, -0.05) is 13.8 Å². The van der Waals surface area contributed by atoms with E-state index in [0.29, 0.717) is 6.42 Å². The monoisotopic (exact) mass is 298 g/mol. The molecule has 2 aliphatic heterocycles. The van der Waals surface area contributed by atoms with E-state index in [2.05, 4.69) is 0 Å². The third kappa shape index (κ3) is 1.05. The van der Waals surface area contributed by atoms with E-state index in [4.69, 9.17) is 9.47 Å². The Labute approximate surface area is 123 Å². The Bertz CT molecular complexity index is 546. The van der Waals surface area contributed by atoms with Crippen LogP contribution in [0.25, 0.3) is 0 Å². The second-order valence-corrected chi connectivity index (χ2v) is 7.85. The van der Waals surface area contributed by atoms with Crippen LogP contribution in [0.5, 0.6) is 0 Å². The van der Waals surface area contributed by atoms with E-state index >= 15 is 0 Å². The summed E-state index contributed by atoms with van der Waals surface area (Å²) in [6, 6.07) is 0. The topological polar surface area (TPSA) is 96.2 Å². The summed E-state index contributed by atoms with van der Waals surface area (Å²) in [7, 11) is 0. The molecule has 118 valence electrons. The summed E-state index contributed by atoms with van der Waals surface area (Å²) in [5, 5.41) is 32.6. The minimum Gasteiger partial charge on any atom is -0.455 e. The zero-order valence-corrected chi connectivity index (χ0v) is 12.5. The lowest BCUT2D eigenvalue weighted by Crippen LogP contribution is -2.75. The molecular weight excluding hydrogens is 276 g/mol. The van der Waals surface area contributed by atoms with Crippen molar-refractivity contribution in [3.05, 3.63) is 0 Å². The van der Waals surface area contributed by atoms with Crippen LogP contribution in [0.1, 0.15) is 40.0 Å². The molecule has 0 unspecified atom stereocenters. The van der Waals surface area contributed by atoms with E-state index in [1.165, 1.54) is 6.92 Å². The summed E-state index contributed by atoms with van der Waals surface area (Å²) in [4.78, 5) is 12.1. The third-order valence-electron chi connectivity index (χ3n) is 7.27. The SMILES string of the molecule is C[C@@H]1C[C@@H](O)[C@]23OC(=O)C[C@]12C[C@@]1(O)OC[C@]3(C)[C@@]1(C)O. The molecule has 0 spiro atoms. The standard InChI is InChI=1S/C15H22O6/c1-8-4-9(16)15-11(2)7-20-14(19,12(11,3)18)6-13(8,15)5-10(17)21-15/h8-9,16,18-19H,4-7H2,1-3H3/t8-,9-,11-,12-,13+,14-,15-/m1/s1. The predicted molar refractivity (Wildman–Crippen MR) is 69.9 cm³/mol. The van der Waals surface area contributed by atoms with Gasteiger partial charge in [0.2, 0.25) is 0 Å². The molecule has 6 nitrogen and oxygen atoms in total. The average Bonchev–Trinajstić information content (AvgIpc) is 2.81. The van der Waals surface area contributed by atoms with E-state index < -0.39 is 33.9 Å². The first kappa shape index (κ1) is 13.9. The van der Waals surface area contributed by atoms with Crippen molar-refractivity contribution in [1.82, 2.24) is 0 Å². The Morgan fingerprint density at radius 2 is 1.95 bits per heavy atom. The Morgan fingerprint density at radius 3 is 2.62 bits per heavy atom. The van der Waals surface area contributed by atoms with E-state index in [1.54, 1.807) is 6.92 Å². The van der Waals surface area contributed by atoms with Crippen LogP contribution in [0, 0.1) is 16.7 Å². The minimum absolute atomic E-state index is 0.00241. The smallest absolute Gasteiger partial charge is 0.307 e. The molecule has 2 aliphatic carbocycles. The lowest BCUT2D eigenvalue weighted by Gasteiger charge is -2.60. The Hall–Kier alpha value is -0.690. The number of carbonyl (C=O) groups is 1. The van der Waals surface area contributed by atoms with Gasteiger partial charge >= 0.3 is 5.97 Å². The Morgan fingerprint density at radius 1 is 1.29 bits per heavy atom. The highest BCUT2D eigenvalue weighted by molar-refractivity contribution is 5.75. The Balaban J connectivity index is 2.03. The molecule has 2 saturated carbocycles. The van der Waals surface area contributed by atoms with Gasteiger partial charge in [-0.15, -0.1) is 0 Å². The molecule has 4 rings (SSSR count). The predicted octanol–water partition coefficient (Wildman–Crippen LogP) is -0.0610. The number of rotatable bonds is 0. The first-order chi connectivity index (χ1) is 9.56. The fraction of sp³-hybridized carbons (Fsp3) is 0.933. The van der Waals surface area contributed by atoms with Crippen molar-refractivity contribution in [2.45, 2.75) is 63.1 Å². The molecule has 7 atom stereocenters. The van der Waals surface area contributed by atoms with Crippen molar-refractivity contribution >= 4 is 5.97 Å². The van der Waals surface area contributed by atoms with Gasteiger partial charge in [-0.3, -0.25) is 4.79 Å². The zero-order chi connectivity index (χ0) is 15.5. The summed E-state index contributed by atoms with van der Waals surface area (Å²) < 4.78 is 11.3. The number of hydrogen-bond donors (Lipinski definition) is 3. The van der Waals surface area contributed by atoms with Gasteiger partial charge in [0.15, 0.2) is 11.4 Å². The molecule has 4 aliphatic rings. The zero-order valence-electron chi connectivity index (χ0n) is 12.5. The summed E-state index contributed by atoms with van der Waals surface area (Å²) in [6.45, 7) is 5.29. The van der Waals surface area contributed by atoms with Gasteiger partial charge in [0, 0.05) is 11.8 Å². The molecular formula is C15H22O6. The molecule has 0 aromatic rings.